The SMILES string of the molecule is CCCCCCCCC1CCC(C(=O)Oc2ccc(S(F)(F)(F)(F)F)cc2)CC1. The highest BCUT2D eigenvalue weighted by Gasteiger charge is 2.65. The molecule has 0 N–H and O–H groups in total. The molecule has 29 heavy (non-hydrogen) atoms. The molecule has 0 radical (unpaired) electrons. The molecule has 0 unspecified atom stereocenters. The van der Waals surface area contributed by atoms with Gasteiger partial charge in [0, 0.05) is 0 Å². The van der Waals surface area contributed by atoms with Gasteiger partial charge < -0.3 is 4.74 Å². The van der Waals surface area contributed by atoms with Crippen molar-refractivity contribution < 1.29 is 29.0 Å². The molecule has 0 heterocycles. The molecule has 0 spiro atoms. The summed E-state index contributed by atoms with van der Waals surface area (Å²) in [5.74, 6) is -0.314. The van der Waals surface area contributed by atoms with Crippen LogP contribution in [0, 0.1) is 11.8 Å². The van der Waals surface area contributed by atoms with Gasteiger partial charge in [0.2, 0.25) is 0 Å². The minimum Gasteiger partial charge on any atom is -0.426 e. The van der Waals surface area contributed by atoms with Gasteiger partial charge >= 0.3 is 16.2 Å². The number of rotatable bonds is 10. The Kier molecular flexibility index (Phi) is 7.29. The van der Waals surface area contributed by atoms with Crippen LogP contribution in [0.25, 0.3) is 0 Å². The zero-order valence-electron chi connectivity index (χ0n) is 16.9. The smallest absolute Gasteiger partial charge is 0.314 e. The van der Waals surface area contributed by atoms with Crippen LogP contribution in [0.15, 0.2) is 29.2 Å². The van der Waals surface area contributed by atoms with Crippen molar-refractivity contribution in [2.45, 2.75) is 82.4 Å². The van der Waals surface area contributed by atoms with E-state index in [0.717, 1.165) is 25.0 Å². The van der Waals surface area contributed by atoms with Crippen LogP contribution in [0.5, 0.6) is 5.75 Å². The van der Waals surface area contributed by atoms with E-state index >= 15 is 0 Å². The lowest BCUT2D eigenvalue weighted by atomic mass is 9.80. The predicted molar refractivity (Wildman–Crippen MR) is 107 cm³/mol. The molecule has 0 amide bonds. The Morgan fingerprint density at radius 2 is 1.45 bits per heavy atom. The van der Waals surface area contributed by atoms with E-state index in [9.17, 15) is 24.2 Å². The van der Waals surface area contributed by atoms with Crippen LogP contribution < -0.4 is 4.74 Å². The van der Waals surface area contributed by atoms with Crippen molar-refractivity contribution in [2.24, 2.45) is 11.8 Å². The molecule has 1 aliphatic carbocycles. The Bertz CT molecular complexity index is 665. The number of esters is 1. The zero-order chi connectivity index (χ0) is 21.6. The molecule has 2 rings (SSSR count). The number of unbranched alkanes of at least 4 members (excludes halogenated alkanes) is 5. The second-order valence-electron chi connectivity index (χ2n) is 8.14. The van der Waals surface area contributed by atoms with Gasteiger partial charge in [-0.05, 0) is 55.9 Å². The summed E-state index contributed by atoms with van der Waals surface area (Å²) in [4.78, 5) is 10.3. The Balaban J connectivity index is 1.75. The number of benzene rings is 1. The summed E-state index contributed by atoms with van der Waals surface area (Å²) in [6.45, 7) is 2.20. The summed E-state index contributed by atoms with van der Waals surface area (Å²) in [7, 11) is -9.71. The number of halogens is 5. The molecule has 1 fully saturated rings. The van der Waals surface area contributed by atoms with Crippen LogP contribution in [0.4, 0.5) is 19.4 Å². The zero-order valence-corrected chi connectivity index (χ0v) is 17.7. The fourth-order valence-corrected chi connectivity index (χ4v) is 4.51. The van der Waals surface area contributed by atoms with E-state index in [1.807, 2.05) is 0 Å². The van der Waals surface area contributed by atoms with Gasteiger partial charge in [0.05, 0.1) is 5.92 Å². The lowest BCUT2D eigenvalue weighted by molar-refractivity contribution is -0.140. The van der Waals surface area contributed by atoms with Crippen LogP contribution >= 0.6 is 10.2 Å². The molecule has 1 aliphatic rings. The Hall–Kier alpha value is -1.31. The summed E-state index contributed by atoms with van der Waals surface area (Å²) >= 11 is 0. The number of hydrogen-bond acceptors (Lipinski definition) is 2. The Morgan fingerprint density at radius 3 is 2.00 bits per heavy atom. The summed E-state index contributed by atoms with van der Waals surface area (Å²) in [5, 5.41) is 0. The van der Waals surface area contributed by atoms with Crippen LogP contribution in [0.3, 0.4) is 0 Å². The maximum absolute atomic E-state index is 12.7. The number of ether oxygens (including phenoxy) is 1. The third-order valence-corrected chi connectivity index (χ3v) is 6.80. The van der Waals surface area contributed by atoms with Gasteiger partial charge in [-0.3, -0.25) is 4.79 Å². The topological polar surface area (TPSA) is 26.3 Å². The van der Waals surface area contributed by atoms with Crippen molar-refractivity contribution in [3.63, 3.8) is 0 Å². The minimum atomic E-state index is -9.71. The van der Waals surface area contributed by atoms with Gasteiger partial charge in [-0.15, -0.1) is 0 Å². The first-order valence-corrected chi connectivity index (χ1v) is 12.4. The molecule has 0 aliphatic heterocycles. The summed E-state index contributed by atoms with van der Waals surface area (Å²) in [6, 6.07) is 2.08. The van der Waals surface area contributed by atoms with Gasteiger partial charge in [0.1, 0.15) is 10.6 Å². The quantitative estimate of drug-likeness (QED) is 0.157. The highest BCUT2D eigenvalue weighted by molar-refractivity contribution is 8.45. The van der Waals surface area contributed by atoms with Gasteiger partial charge in [-0.25, -0.2) is 0 Å². The predicted octanol–water partition coefficient (Wildman–Crippen LogP) is 8.81. The van der Waals surface area contributed by atoms with E-state index in [1.165, 1.54) is 44.9 Å². The maximum Gasteiger partial charge on any atom is 0.314 e. The van der Waals surface area contributed by atoms with Crippen LogP contribution in [0.1, 0.15) is 77.6 Å². The number of hydrogen-bond donors (Lipinski definition) is 0. The normalized spacial score (nSPS) is 22.6. The first kappa shape index (κ1) is 24.0. The average Bonchev–Trinajstić information content (AvgIpc) is 2.63. The molecule has 8 heteroatoms. The van der Waals surface area contributed by atoms with Crippen LogP contribution in [-0.2, 0) is 4.79 Å². The first-order valence-electron chi connectivity index (χ1n) is 10.4. The molecule has 0 atom stereocenters. The van der Waals surface area contributed by atoms with Crippen molar-refractivity contribution in [3.8, 4) is 5.75 Å². The third-order valence-electron chi connectivity index (χ3n) is 5.63. The second kappa shape index (κ2) is 8.82. The van der Waals surface area contributed by atoms with Crippen molar-refractivity contribution in [1.82, 2.24) is 0 Å². The largest absolute Gasteiger partial charge is 0.426 e. The second-order valence-corrected chi connectivity index (χ2v) is 10.5. The lowest BCUT2D eigenvalue weighted by Crippen LogP contribution is -2.25. The van der Waals surface area contributed by atoms with E-state index < -0.39 is 21.1 Å². The van der Waals surface area contributed by atoms with Crippen molar-refractivity contribution in [1.29, 1.82) is 0 Å². The minimum absolute atomic E-state index is 0.144. The molecule has 0 bridgehead atoms. The molecule has 1 saturated carbocycles. The van der Waals surface area contributed by atoms with Gasteiger partial charge in [-0.2, -0.15) is 0 Å². The van der Waals surface area contributed by atoms with E-state index in [4.69, 9.17) is 4.74 Å². The fraction of sp³-hybridized carbons (Fsp3) is 0.667. The van der Waals surface area contributed by atoms with E-state index in [1.54, 1.807) is 0 Å². The van der Waals surface area contributed by atoms with Gasteiger partial charge in [0.25, 0.3) is 0 Å². The van der Waals surface area contributed by atoms with Gasteiger partial charge in [0.15, 0.2) is 0 Å². The van der Waals surface area contributed by atoms with E-state index in [2.05, 4.69) is 6.92 Å². The van der Waals surface area contributed by atoms with E-state index in [-0.39, 0.29) is 23.8 Å². The lowest BCUT2D eigenvalue weighted by Gasteiger charge is -2.40. The molecule has 0 saturated heterocycles. The Labute approximate surface area is 169 Å². The molecule has 1 aromatic carbocycles. The van der Waals surface area contributed by atoms with E-state index in [0.29, 0.717) is 18.8 Å². The van der Waals surface area contributed by atoms with Gasteiger partial charge in [-0.1, -0.05) is 71.3 Å². The average molecular weight is 443 g/mol. The van der Waals surface area contributed by atoms with Crippen molar-refractivity contribution in [2.75, 3.05) is 0 Å². The summed E-state index contributed by atoms with van der Waals surface area (Å²) in [5.41, 5.74) is 0. The first-order chi connectivity index (χ1) is 13.4. The number of carbonyl (C=O) groups is 1. The molecular weight excluding hydrogens is 411 g/mol. The fourth-order valence-electron chi connectivity index (χ4n) is 3.86. The summed E-state index contributed by atoms with van der Waals surface area (Å²) < 4.78 is 68.8. The molecule has 2 nitrogen and oxygen atoms in total. The van der Waals surface area contributed by atoms with Crippen molar-refractivity contribution >= 4 is 16.2 Å². The highest BCUT2D eigenvalue weighted by atomic mass is 32.5. The monoisotopic (exact) mass is 442 g/mol. The molecule has 168 valence electrons. The van der Waals surface area contributed by atoms with Crippen LogP contribution in [0.2, 0.25) is 0 Å². The molecule has 1 aromatic rings. The molecular formula is C21H31F5O2S. The molecule has 0 aromatic heterocycles. The summed E-state index contributed by atoms with van der Waals surface area (Å²) in [6.07, 6.45) is 12.0. The standard InChI is InChI=1S/C21H31F5O2S/c1-2-3-4-5-6-7-8-17-9-11-18(12-10-17)21(27)28-19-13-15-20(16-14-19)29(22,23,24,25)26/h13-18H,2-12H2,1H3. The highest BCUT2D eigenvalue weighted by Crippen LogP contribution is 3.02. The number of carbonyl (C=O) groups excluding carboxylic acids is 1. The third kappa shape index (κ3) is 8.15. The maximum atomic E-state index is 12.7. The van der Waals surface area contributed by atoms with Crippen molar-refractivity contribution in [3.05, 3.63) is 24.3 Å². The Morgan fingerprint density at radius 1 is 0.897 bits per heavy atom. The van der Waals surface area contributed by atoms with Crippen LogP contribution in [-0.4, -0.2) is 5.97 Å².